The van der Waals surface area contributed by atoms with E-state index in [0.717, 1.165) is 0 Å². The summed E-state index contributed by atoms with van der Waals surface area (Å²) in [5, 5.41) is 8.53. The number of hydrogen-bond donors (Lipinski definition) is 0. The van der Waals surface area contributed by atoms with Crippen LogP contribution >= 0.6 is 35.0 Å². The molecular weight excluding hydrogens is 269 g/mol. The molecule has 0 aromatic carbocycles. The van der Waals surface area contributed by atoms with Crippen molar-refractivity contribution in [1.82, 2.24) is 14.8 Å². The van der Waals surface area contributed by atoms with Gasteiger partial charge >= 0.3 is 0 Å². The van der Waals surface area contributed by atoms with Crippen molar-refractivity contribution in [3.05, 3.63) is 16.0 Å². The highest BCUT2D eigenvalue weighted by molar-refractivity contribution is 7.98. The van der Waals surface area contributed by atoms with E-state index in [9.17, 15) is 4.79 Å². The minimum atomic E-state index is -0.894. The maximum atomic E-state index is 12.1. The molecule has 0 aliphatic heterocycles. The lowest BCUT2D eigenvalue weighted by Gasteiger charge is -2.12. The molecule has 0 amide bonds. The van der Waals surface area contributed by atoms with E-state index < -0.39 is 9.75 Å². The molecule has 1 fully saturated rings. The van der Waals surface area contributed by atoms with Crippen LogP contribution in [-0.4, -0.2) is 25.4 Å². The Morgan fingerprint density at radius 3 is 2.44 bits per heavy atom. The van der Waals surface area contributed by atoms with E-state index in [2.05, 4.69) is 10.2 Å². The summed E-state index contributed by atoms with van der Waals surface area (Å²) in [6, 6.07) is 0. The van der Waals surface area contributed by atoms with E-state index in [1.165, 1.54) is 16.3 Å². The van der Waals surface area contributed by atoms with Crippen LogP contribution in [0.4, 0.5) is 0 Å². The lowest BCUT2D eigenvalue weighted by atomic mass is 10.1. The molecule has 1 aromatic rings. The van der Waals surface area contributed by atoms with E-state index in [0.29, 0.717) is 17.3 Å². The Morgan fingerprint density at radius 1 is 1.44 bits per heavy atom. The SMILES string of the molecule is CSc1nnc([C@@]2(C)CC2(Cl)Cl)c(=O)n1C. The summed E-state index contributed by atoms with van der Waals surface area (Å²) in [5.74, 6) is 0. The smallest absolute Gasteiger partial charge is 0.276 e. The molecule has 7 heteroatoms. The highest BCUT2D eigenvalue weighted by Gasteiger charge is 2.66. The largest absolute Gasteiger partial charge is 0.288 e. The Labute approximate surface area is 107 Å². The normalized spacial score (nSPS) is 26.8. The molecule has 16 heavy (non-hydrogen) atoms. The molecule has 0 bridgehead atoms. The first-order valence-electron chi connectivity index (χ1n) is 4.69. The number of halogens is 2. The number of nitrogens with zero attached hydrogens (tertiary/aromatic N) is 3. The Hall–Kier alpha value is -0.260. The number of thioether (sulfide) groups is 1. The highest BCUT2D eigenvalue weighted by atomic mass is 35.5. The van der Waals surface area contributed by atoms with E-state index in [-0.39, 0.29) is 5.56 Å². The molecule has 2 rings (SSSR count). The first-order chi connectivity index (χ1) is 7.33. The Balaban J connectivity index is 2.54. The zero-order chi connectivity index (χ0) is 12.1. The summed E-state index contributed by atoms with van der Waals surface area (Å²) in [6.45, 7) is 1.83. The monoisotopic (exact) mass is 279 g/mol. The summed E-state index contributed by atoms with van der Waals surface area (Å²) in [5.41, 5.74) is -0.405. The first kappa shape index (κ1) is 12.2. The van der Waals surface area contributed by atoms with Gasteiger partial charge < -0.3 is 0 Å². The third-order valence-corrected chi connectivity index (χ3v) is 4.81. The molecule has 4 nitrogen and oxygen atoms in total. The molecule has 1 heterocycles. The quantitative estimate of drug-likeness (QED) is 0.611. The van der Waals surface area contributed by atoms with Gasteiger partial charge in [0.2, 0.25) is 0 Å². The third-order valence-electron chi connectivity index (χ3n) is 2.99. The molecule has 0 radical (unpaired) electrons. The second-order valence-corrected chi connectivity index (χ2v) is 6.37. The van der Waals surface area contributed by atoms with Gasteiger partial charge in [0.15, 0.2) is 5.16 Å². The van der Waals surface area contributed by atoms with Crippen LogP contribution in [0.3, 0.4) is 0 Å². The van der Waals surface area contributed by atoms with Crippen molar-refractivity contribution in [3.63, 3.8) is 0 Å². The van der Waals surface area contributed by atoms with Gasteiger partial charge in [-0.3, -0.25) is 9.36 Å². The summed E-state index contributed by atoms with van der Waals surface area (Å²) >= 11 is 13.4. The van der Waals surface area contributed by atoms with Crippen molar-refractivity contribution in [3.8, 4) is 0 Å². The van der Waals surface area contributed by atoms with Gasteiger partial charge in [-0.25, -0.2) is 0 Å². The predicted molar refractivity (Wildman–Crippen MR) is 65.5 cm³/mol. The average molecular weight is 280 g/mol. The van der Waals surface area contributed by atoms with Crippen molar-refractivity contribution in [2.45, 2.75) is 28.2 Å². The van der Waals surface area contributed by atoms with Crippen LogP contribution in [0.25, 0.3) is 0 Å². The molecule has 0 N–H and O–H groups in total. The van der Waals surface area contributed by atoms with Gasteiger partial charge in [-0.1, -0.05) is 18.7 Å². The fourth-order valence-corrected chi connectivity index (χ4v) is 2.82. The van der Waals surface area contributed by atoms with Gasteiger partial charge in [0.25, 0.3) is 5.56 Å². The number of aromatic nitrogens is 3. The van der Waals surface area contributed by atoms with Crippen LogP contribution in [0.1, 0.15) is 19.0 Å². The van der Waals surface area contributed by atoms with Crippen molar-refractivity contribution in [2.75, 3.05) is 6.26 Å². The number of alkyl halides is 2. The predicted octanol–water partition coefficient (Wildman–Crippen LogP) is 1.73. The minimum absolute atomic E-state index is 0.176. The van der Waals surface area contributed by atoms with Crippen LogP contribution in [0.2, 0.25) is 0 Å². The standard InChI is InChI=1S/C9H11Cl2N3OS/c1-8(4-9(8,10)11)5-6(15)14(2)7(16-3)13-12-5/h4H2,1-3H3/t8-/m1/s1. The lowest BCUT2D eigenvalue weighted by Crippen LogP contribution is -2.31. The Morgan fingerprint density at radius 2 is 2.00 bits per heavy atom. The van der Waals surface area contributed by atoms with Crippen LogP contribution in [0.15, 0.2) is 9.95 Å². The maximum absolute atomic E-state index is 12.1. The average Bonchev–Trinajstić information content (AvgIpc) is 2.71. The fraction of sp³-hybridized carbons (Fsp3) is 0.667. The first-order valence-corrected chi connectivity index (χ1v) is 6.67. The van der Waals surface area contributed by atoms with Crippen molar-refractivity contribution < 1.29 is 0 Å². The van der Waals surface area contributed by atoms with Gasteiger partial charge in [0.05, 0.1) is 5.41 Å². The maximum Gasteiger partial charge on any atom is 0.276 e. The van der Waals surface area contributed by atoms with Crippen LogP contribution in [0, 0.1) is 0 Å². The van der Waals surface area contributed by atoms with E-state index in [4.69, 9.17) is 23.2 Å². The van der Waals surface area contributed by atoms with Gasteiger partial charge in [-0.05, 0) is 12.7 Å². The van der Waals surface area contributed by atoms with Crippen molar-refractivity contribution in [2.24, 2.45) is 7.05 Å². The molecule has 1 aliphatic carbocycles. The van der Waals surface area contributed by atoms with Gasteiger partial charge in [0.1, 0.15) is 10.0 Å². The van der Waals surface area contributed by atoms with E-state index in [1.54, 1.807) is 7.05 Å². The molecule has 1 aromatic heterocycles. The second-order valence-electron chi connectivity index (χ2n) is 4.11. The highest BCUT2D eigenvalue weighted by Crippen LogP contribution is 2.63. The lowest BCUT2D eigenvalue weighted by molar-refractivity contribution is 0.592. The summed E-state index contributed by atoms with van der Waals surface area (Å²) in [6.07, 6.45) is 2.38. The van der Waals surface area contributed by atoms with Crippen molar-refractivity contribution >= 4 is 35.0 Å². The van der Waals surface area contributed by atoms with Crippen LogP contribution in [0.5, 0.6) is 0 Å². The molecule has 1 saturated carbocycles. The minimum Gasteiger partial charge on any atom is -0.288 e. The number of rotatable bonds is 2. The second kappa shape index (κ2) is 3.62. The van der Waals surface area contributed by atoms with Crippen LogP contribution in [-0.2, 0) is 12.5 Å². The third kappa shape index (κ3) is 1.57. The molecule has 0 spiro atoms. The van der Waals surface area contributed by atoms with Crippen LogP contribution < -0.4 is 5.56 Å². The number of hydrogen-bond acceptors (Lipinski definition) is 4. The fourth-order valence-electron chi connectivity index (χ4n) is 1.63. The van der Waals surface area contributed by atoms with E-state index in [1.807, 2.05) is 13.2 Å². The summed E-state index contributed by atoms with van der Waals surface area (Å²) < 4.78 is 0.579. The Kier molecular flexibility index (Phi) is 2.76. The van der Waals surface area contributed by atoms with Gasteiger partial charge in [-0.2, -0.15) is 0 Å². The molecule has 88 valence electrons. The topological polar surface area (TPSA) is 47.8 Å². The summed E-state index contributed by atoms with van der Waals surface area (Å²) in [4.78, 5) is 12.1. The van der Waals surface area contributed by atoms with Gasteiger partial charge in [0, 0.05) is 7.05 Å². The Bertz CT molecular complexity index is 502. The van der Waals surface area contributed by atoms with E-state index >= 15 is 0 Å². The zero-order valence-corrected chi connectivity index (χ0v) is 11.4. The summed E-state index contributed by atoms with van der Waals surface area (Å²) in [7, 11) is 1.67. The molecule has 1 atom stereocenters. The van der Waals surface area contributed by atoms with Gasteiger partial charge in [-0.15, -0.1) is 33.4 Å². The van der Waals surface area contributed by atoms with Crippen molar-refractivity contribution in [1.29, 1.82) is 0 Å². The zero-order valence-electron chi connectivity index (χ0n) is 9.12. The molecule has 1 aliphatic rings. The molecular formula is C9H11Cl2N3OS. The molecule has 0 saturated heterocycles. The molecule has 0 unspecified atom stereocenters.